The van der Waals surface area contributed by atoms with Crippen LogP contribution in [0.25, 0.3) is 0 Å². The molecule has 0 radical (unpaired) electrons. The predicted octanol–water partition coefficient (Wildman–Crippen LogP) is 2.79. The zero-order valence-electron chi connectivity index (χ0n) is 14.1. The molecule has 1 aromatic heterocycles. The molecule has 1 aromatic carbocycles. The van der Waals surface area contributed by atoms with E-state index in [2.05, 4.69) is 32.4 Å². The second-order valence-electron chi connectivity index (χ2n) is 6.64. The number of anilines is 1. The number of ether oxygens (including phenoxy) is 1. The summed E-state index contributed by atoms with van der Waals surface area (Å²) in [5, 5.41) is 1.12. The molecule has 1 saturated heterocycles. The Morgan fingerprint density at radius 1 is 1.21 bits per heavy atom. The molecule has 0 unspecified atom stereocenters. The Morgan fingerprint density at radius 3 is 2.79 bits per heavy atom. The summed E-state index contributed by atoms with van der Waals surface area (Å²) in [6, 6.07) is 8.38. The van der Waals surface area contributed by atoms with E-state index >= 15 is 0 Å². The van der Waals surface area contributed by atoms with Crippen LogP contribution < -0.4 is 9.64 Å². The summed E-state index contributed by atoms with van der Waals surface area (Å²) in [4.78, 5) is 9.67. The van der Waals surface area contributed by atoms with E-state index in [1.165, 1.54) is 18.4 Å². The van der Waals surface area contributed by atoms with E-state index in [1.807, 2.05) is 6.07 Å². The molecule has 0 amide bonds. The molecule has 0 spiro atoms. The van der Waals surface area contributed by atoms with Crippen molar-refractivity contribution in [2.75, 3.05) is 44.7 Å². The van der Waals surface area contributed by atoms with E-state index in [9.17, 15) is 0 Å². The van der Waals surface area contributed by atoms with Crippen LogP contribution in [0.1, 0.15) is 30.1 Å². The summed E-state index contributed by atoms with van der Waals surface area (Å²) in [7, 11) is 1.72. The number of aromatic nitrogens is 2. The van der Waals surface area contributed by atoms with Crippen LogP contribution >= 0.6 is 11.5 Å². The second kappa shape index (κ2) is 7.07. The number of hydrogen-bond acceptors (Lipinski definition) is 6. The third-order valence-corrected chi connectivity index (χ3v) is 5.66. The predicted molar refractivity (Wildman–Crippen MR) is 97.2 cm³/mol. The number of methoxy groups -OCH3 is 1. The standard InChI is InChI=1S/C18H24N4OS/c1-23-16-4-2-3-14(13-16)7-8-21-9-11-22(12-10-21)18-19-17(20-24-18)15-5-6-15/h2-4,13,15H,5-12H2,1H3. The van der Waals surface area contributed by atoms with Gasteiger partial charge in [-0.3, -0.25) is 4.90 Å². The molecule has 1 saturated carbocycles. The summed E-state index contributed by atoms with van der Waals surface area (Å²) in [5.41, 5.74) is 1.34. The van der Waals surface area contributed by atoms with Crippen molar-refractivity contribution in [2.24, 2.45) is 0 Å². The lowest BCUT2D eigenvalue weighted by molar-refractivity contribution is 0.261. The zero-order chi connectivity index (χ0) is 16.4. The number of rotatable bonds is 6. The van der Waals surface area contributed by atoms with Crippen molar-refractivity contribution in [3.05, 3.63) is 35.7 Å². The van der Waals surface area contributed by atoms with Gasteiger partial charge in [-0.15, -0.1) is 0 Å². The maximum Gasteiger partial charge on any atom is 0.205 e. The fourth-order valence-electron chi connectivity index (χ4n) is 3.14. The Hall–Kier alpha value is -1.66. The lowest BCUT2D eigenvalue weighted by atomic mass is 10.1. The smallest absolute Gasteiger partial charge is 0.205 e. The summed E-state index contributed by atoms with van der Waals surface area (Å²) >= 11 is 1.57. The van der Waals surface area contributed by atoms with Crippen LogP contribution in [0, 0.1) is 0 Å². The SMILES string of the molecule is COc1cccc(CCN2CCN(c3nc(C4CC4)ns3)CC2)c1. The van der Waals surface area contributed by atoms with Gasteiger partial charge in [-0.25, -0.2) is 4.98 Å². The minimum Gasteiger partial charge on any atom is -0.497 e. The summed E-state index contributed by atoms with van der Waals surface area (Å²) in [6.07, 6.45) is 3.62. The van der Waals surface area contributed by atoms with Crippen molar-refractivity contribution in [3.8, 4) is 5.75 Å². The lowest BCUT2D eigenvalue weighted by Crippen LogP contribution is -2.47. The van der Waals surface area contributed by atoms with Gasteiger partial charge in [-0.1, -0.05) is 12.1 Å². The Balaban J connectivity index is 1.26. The molecule has 0 bridgehead atoms. The van der Waals surface area contributed by atoms with Gasteiger partial charge in [0.25, 0.3) is 0 Å². The Labute approximate surface area is 147 Å². The third kappa shape index (κ3) is 3.70. The van der Waals surface area contributed by atoms with Crippen LogP contribution in [0.5, 0.6) is 5.75 Å². The Bertz CT molecular complexity index is 677. The van der Waals surface area contributed by atoms with E-state index in [0.29, 0.717) is 5.92 Å². The van der Waals surface area contributed by atoms with Gasteiger partial charge in [0.15, 0.2) is 0 Å². The molecule has 2 aliphatic rings. The van der Waals surface area contributed by atoms with E-state index < -0.39 is 0 Å². The zero-order valence-corrected chi connectivity index (χ0v) is 15.0. The van der Waals surface area contributed by atoms with Crippen LogP contribution in [-0.4, -0.2) is 54.1 Å². The molecule has 6 heteroatoms. The molecule has 2 fully saturated rings. The van der Waals surface area contributed by atoms with Crippen molar-refractivity contribution in [1.82, 2.24) is 14.3 Å². The molecule has 24 heavy (non-hydrogen) atoms. The highest BCUT2D eigenvalue weighted by Gasteiger charge is 2.29. The molecular weight excluding hydrogens is 320 g/mol. The lowest BCUT2D eigenvalue weighted by Gasteiger charge is -2.34. The fraction of sp³-hybridized carbons (Fsp3) is 0.556. The highest BCUT2D eigenvalue weighted by molar-refractivity contribution is 7.09. The molecule has 0 atom stereocenters. The molecule has 1 aliphatic heterocycles. The van der Waals surface area contributed by atoms with Gasteiger partial charge in [-0.05, 0) is 37.0 Å². The van der Waals surface area contributed by atoms with Crippen LogP contribution in [-0.2, 0) is 6.42 Å². The average Bonchev–Trinajstić information content (AvgIpc) is 3.38. The molecule has 5 nitrogen and oxygen atoms in total. The molecular formula is C18H24N4OS. The van der Waals surface area contributed by atoms with Crippen LogP contribution in [0.3, 0.4) is 0 Å². The average molecular weight is 344 g/mol. The van der Waals surface area contributed by atoms with E-state index in [4.69, 9.17) is 9.72 Å². The van der Waals surface area contributed by atoms with Gasteiger partial charge in [0.1, 0.15) is 11.6 Å². The first-order chi connectivity index (χ1) is 11.8. The molecule has 1 aliphatic carbocycles. The van der Waals surface area contributed by atoms with Gasteiger partial charge in [0.2, 0.25) is 5.13 Å². The first kappa shape index (κ1) is 15.8. The maximum atomic E-state index is 5.30. The minimum absolute atomic E-state index is 0.652. The molecule has 4 rings (SSSR count). The van der Waals surface area contributed by atoms with Gasteiger partial charge >= 0.3 is 0 Å². The summed E-state index contributed by atoms with van der Waals surface area (Å²) in [5.74, 6) is 2.68. The largest absolute Gasteiger partial charge is 0.497 e. The number of nitrogens with zero attached hydrogens (tertiary/aromatic N) is 4. The second-order valence-corrected chi connectivity index (χ2v) is 7.37. The van der Waals surface area contributed by atoms with Crippen LogP contribution in [0.4, 0.5) is 5.13 Å². The van der Waals surface area contributed by atoms with E-state index in [1.54, 1.807) is 18.6 Å². The van der Waals surface area contributed by atoms with Crippen molar-refractivity contribution >= 4 is 16.7 Å². The maximum absolute atomic E-state index is 5.30. The highest BCUT2D eigenvalue weighted by Crippen LogP contribution is 2.39. The normalized spacial score (nSPS) is 18.8. The molecule has 2 aromatic rings. The monoisotopic (exact) mass is 344 g/mol. The van der Waals surface area contributed by atoms with Gasteiger partial charge in [0.05, 0.1) is 7.11 Å². The topological polar surface area (TPSA) is 41.5 Å². The summed E-state index contributed by atoms with van der Waals surface area (Å²) < 4.78 is 9.83. The molecule has 2 heterocycles. The minimum atomic E-state index is 0.652. The first-order valence-electron chi connectivity index (χ1n) is 8.75. The summed E-state index contributed by atoms with van der Waals surface area (Å²) in [6.45, 7) is 5.41. The molecule has 128 valence electrons. The van der Waals surface area contributed by atoms with Crippen molar-refractivity contribution in [3.63, 3.8) is 0 Å². The van der Waals surface area contributed by atoms with Gasteiger partial charge < -0.3 is 9.64 Å². The molecule has 0 N–H and O–H groups in total. The Kier molecular flexibility index (Phi) is 4.67. The number of benzene rings is 1. The van der Waals surface area contributed by atoms with Crippen LogP contribution in [0.15, 0.2) is 24.3 Å². The van der Waals surface area contributed by atoms with Gasteiger partial charge in [-0.2, -0.15) is 4.37 Å². The fourth-order valence-corrected chi connectivity index (χ4v) is 3.94. The van der Waals surface area contributed by atoms with Crippen molar-refractivity contribution in [1.29, 1.82) is 0 Å². The Morgan fingerprint density at radius 2 is 2.04 bits per heavy atom. The van der Waals surface area contributed by atoms with Crippen molar-refractivity contribution in [2.45, 2.75) is 25.2 Å². The first-order valence-corrected chi connectivity index (χ1v) is 9.53. The van der Waals surface area contributed by atoms with Crippen molar-refractivity contribution < 1.29 is 4.74 Å². The van der Waals surface area contributed by atoms with E-state index in [0.717, 1.165) is 55.9 Å². The van der Waals surface area contributed by atoms with E-state index in [-0.39, 0.29) is 0 Å². The quantitative estimate of drug-likeness (QED) is 0.806. The van der Waals surface area contributed by atoms with Gasteiger partial charge in [0, 0.05) is 50.2 Å². The third-order valence-electron chi connectivity index (χ3n) is 4.87. The van der Waals surface area contributed by atoms with Crippen LogP contribution in [0.2, 0.25) is 0 Å². The number of hydrogen-bond donors (Lipinski definition) is 0. The number of piperazine rings is 1. The highest BCUT2D eigenvalue weighted by atomic mass is 32.1.